The average molecular weight is 515 g/mol. The summed E-state index contributed by atoms with van der Waals surface area (Å²) in [6.45, 7) is 4.33. The first-order chi connectivity index (χ1) is 16.9. The monoisotopic (exact) mass is 514 g/mol. The Bertz CT molecular complexity index is 994. The van der Waals surface area contributed by atoms with Gasteiger partial charge in [-0.1, -0.05) is 26.3 Å². The molecular weight excluding hydrogens is 483 g/mol. The van der Waals surface area contributed by atoms with Crippen LogP contribution in [0.5, 0.6) is 0 Å². The minimum Gasteiger partial charge on any atom is -0.344 e. The number of aromatic nitrogens is 1. The quantitative estimate of drug-likeness (QED) is 0.354. The van der Waals surface area contributed by atoms with Crippen LogP contribution in [-0.4, -0.2) is 41.6 Å². The summed E-state index contributed by atoms with van der Waals surface area (Å²) in [6.07, 6.45) is -1.62. The van der Waals surface area contributed by atoms with Gasteiger partial charge in [0.15, 0.2) is 0 Å². The molecule has 0 saturated heterocycles. The molecule has 0 aliphatic rings. The topological polar surface area (TPSA) is 83.1 Å². The van der Waals surface area contributed by atoms with Crippen LogP contribution < -0.4 is 16.0 Å². The molecule has 2 rings (SSSR count). The molecule has 0 spiro atoms. The number of alkyl halides is 3. The molecule has 1 heterocycles. The molecule has 0 aliphatic carbocycles. The van der Waals surface area contributed by atoms with Gasteiger partial charge < -0.3 is 16.0 Å². The van der Waals surface area contributed by atoms with E-state index in [9.17, 15) is 31.5 Å². The number of halogens is 5. The molecule has 6 nitrogen and oxygen atoms in total. The summed E-state index contributed by atoms with van der Waals surface area (Å²) in [7, 11) is 0. The van der Waals surface area contributed by atoms with Crippen molar-refractivity contribution in [1.82, 2.24) is 15.6 Å². The van der Waals surface area contributed by atoms with Crippen LogP contribution >= 0.6 is 0 Å². The van der Waals surface area contributed by atoms with Crippen LogP contribution in [0.15, 0.2) is 36.5 Å². The summed E-state index contributed by atoms with van der Waals surface area (Å²) in [6, 6.07) is 4.89. The fourth-order valence-electron chi connectivity index (χ4n) is 3.73. The van der Waals surface area contributed by atoms with Crippen molar-refractivity contribution in [2.75, 3.05) is 11.9 Å². The highest BCUT2D eigenvalue weighted by Crippen LogP contribution is 2.22. The van der Waals surface area contributed by atoms with Crippen molar-refractivity contribution < 1.29 is 31.5 Å². The Morgan fingerprint density at radius 2 is 1.72 bits per heavy atom. The van der Waals surface area contributed by atoms with Crippen LogP contribution in [0.25, 0.3) is 0 Å². The number of pyridine rings is 1. The molecule has 3 N–H and O–H groups in total. The van der Waals surface area contributed by atoms with E-state index in [-0.39, 0.29) is 29.8 Å². The number of benzene rings is 1. The second-order valence-corrected chi connectivity index (χ2v) is 8.86. The fourth-order valence-corrected chi connectivity index (χ4v) is 3.73. The lowest BCUT2D eigenvalue weighted by Crippen LogP contribution is -2.44. The molecule has 0 bridgehead atoms. The van der Waals surface area contributed by atoms with E-state index in [0.29, 0.717) is 25.3 Å². The van der Waals surface area contributed by atoms with Gasteiger partial charge in [-0.2, -0.15) is 13.2 Å². The van der Waals surface area contributed by atoms with Crippen LogP contribution in [0.4, 0.5) is 27.8 Å². The Balaban J connectivity index is 1.93. The van der Waals surface area contributed by atoms with Crippen molar-refractivity contribution in [3.05, 3.63) is 59.3 Å². The van der Waals surface area contributed by atoms with Crippen molar-refractivity contribution in [1.29, 1.82) is 0 Å². The lowest BCUT2D eigenvalue weighted by atomic mass is 9.96. The average Bonchev–Trinajstić information content (AvgIpc) is 2.76. The Kier molecular flexibility index (Phi) is 10.8. The summed E-state index contributed by atoms with van der Waals surface area (Å²) >= 11 is 0. The normalized spacial score (nSPS) is 14.1. The van der Waals surface area contributed by atoms with E-state index < -0.39 is 42.2 Å². The predicted octanol–water partition coefficient (Wildman–Crippen LogP) is 4.86. The summed E-state index contributed by atoms with van der Waals surface area (Å²) < 4.78 is 63.8. The first kappa shape index (κ1) is 29.2. The molecule has 11 heteroatoms. The van der Waals surface area contributed by atoms with Gasteiger partial charge in [0, 0.05) is 18.3 Å². The second kappa shape index (κ2) is 13.3. The van der Waals surface area contributed by atoms with Crippen molar-refractivity contribution >= 4 is 17.6 Å². The highest BCUT2D eigenvalue weighted by molar-refractivity contribution is 5.96. The highest BCUT2D eigenvalue weighted by Gasteiger charge is 2.27. The number of anilines is 1. The lowest BCUT2D eigenvalue weighted by molar-refractivity contribution is -0.126. The number of hydrogen-bond donors (Lipinski definition) is 3. The molecular formula is C25H31F5N4O2. The Morgan fingerprint density at radius 3 is 2.28 bits per heavy atom. The van der Waals surface area contributed by atoms with Crippen LogP contribution in [-0.2, 0) is 16.0 Å². The Morgan fingerprint density at radius 1 is 1.06 bits per heavy atom. The lowest BCUT2D eigenvalue weighted by Gasteiger charge is -2.20. The number of nitrogens with zero attached hydrogens (tertiary/aromatic N) is 1. The maximum atomic E-state index is 13.4. The van der Waals surface area contributed by atoms with Crippen molar-refractivity contribution in [3.63, 3.8) is 0 Å². The van der Waals surface area contributed by atoms with Gasteiger partial charge >= 0.3 is 6.18 Å². The molecule has 0 saturated carbocycles. The number of amides is 2. The number of nitrogens with one attached hydrogen (secondary N) is 3. The first-order valence-corrected chi connectivity index (χ1v) is 11.7. The van der Waals surface area contributed by atoms with Gasteiger partial charge in [0.25, 0.3) is 0 Å². The molecule has 198 valence electrons. The molecule has 2 aromatic rings. The predicted molar refractivity (Wildman–Crippen MR) is 126 cm³/mol. The van der Waals surface area contributed by atoms with E-state index in [1.165, 1.54) is 0 Å². The van der Waals surface area contributed by atoms with Gasteiger partial charge in [0.1, 0.15) is 23.5 Å². The number of carbonyl (C=O) groups is 2. The van der Waals surface area contributed by atoms with Gasteiger partial charge in [-0.15, -0.1) is 0 Å². The van der Waals surface area contributed by atoms with Gasteiger partial charge in [-0.3, -0.25) is 9.59 Å². The van der Waals surface area contributed by atoms with Crippen molar-refractivity contribution in [2.45, 2.75) is 70.6 Å². The van der Waals surface area contributed by atoms with E-state index in [2.05, 4.69) is 20.9 Å². The summed E-state index contributed by atoms with van der Waals surface area (Å²) in [5, 5.41) is 7.67. The molecule has 1 aromatic heterocycles. The van der Waals surface area contributed by atoms with E-state index in [0.717, 1.165) is 17.7 Å². The fraction of sp³-hybridized carbons (Fsp3) is 0.480. The minimum atomic E-state index is -4.27. The minimum absolute atomic E-state index is 0.0715. The maximum absolute atomic E-state index is 13.4. The number of rotatable bonds is 12. The van der Waals surface area contributed by atoms with Gasteiger partial charge in [0.05, 0.1) is 13.0 Å². The molecule has 2 amide bonds. The zero-order valence-electron chi connectivity index (χ0n) is 20.4. The summed E-state index contributed by atoms with van der Waals surface area (Å²) in [5.41, 5.74) is 0.948. The van der Waals surface area contributed by atoms with E-state index in [4.69, 9.17) is 0 Å². The van der Waals surface area contributed by atoms with Gasteiger partial charge in [-0.25, -0.2) is 13.8 Å². The second-order valence-electron chi connectivity index (χ2n) is 8.86. The molecule has 36 heavy (non-hydrogen) atoms. The Hall–Kier alpha value is -3.08. The largest absolute Gasteiger partial charge is 0.401 e. The molecule has 3 atom stereocenters. The van der Waals surface area contributed by atoms with Crippen LogP contribution in [0.1, 0.15) is 57.1 Å². The standard InChI is InChI=1S/C25H31F5N4O2/c1-4-5-21(33-23(35)11-17-9-19(26)12-20(27)10-17)24(36)34-22-7-6-18(13-31-22)15(2)8-16(3)32-14-25(28,29)30/h6-7,9-10,12-13,15-16,21,32H,4-5,8,11,14H2,1-3H3,(H,33,35)(H,31,34,36)/t15-,16+,21-/m0/s1. The number of hydrogen-bond acceptors (Lipinski definition) is 4. The first-order valence-electron chi connectivity index (χ1n) is 11.7. The number of carbonyl (C=O) groups excluding carboxylic acids is 2. The molecule has 0 radical (unpaired) electrons. The zero-order chi connectivity index (χ0) is 26.9. The third-order valence-corrected chi connectivity index (χ3v) is 5.48. The van der Waals surface area contributed by atoms with E-state index in [1.54, 1.807) is 25.3 Å². The third-order valence-electron chi connectivity index (χ3n) is 5.48. The molecule has 0 fully saturated rings. The van der Waals surface area contributed by atoms with E-state index >= 15 is 0 Å². The molecule has 1 aromatic carbocycles. The van der Waals surface area contributed by atoms with Gasteiger partial charge in [-0.05, 0) is 55.0 Å². The maximum Gasteiger partial charge on any atom is 0.401 e. The smallest absolute Gasteiger partial charge is 0.344 e. The molecule has 0 unspecified atom stereocenters. The zero-order valence-corrected chi connectivity index (χ0v) is 20.4. The van der Waals surface area contributed by atoms with E-state index in [1.807, 2.05) is 13.8 Å². The van der Waals surface area contributed by atoms with Crippen LogP contribution in [0, 0.1) is 11.6 Å². The SMILES string of the molecule is CCC[C@H](NC(=O)Cc1cc(F)cc(F)c1)C(=O)Nc1ccc([C@@H](C)C[C@@H](C)NCC(F)(F)F)cn1. The van der Waals surface area contributed by atoms with Crippen LogP contribution in [0.2, 0.25) is 0 Å². The van der Waals surface area contributed by atoms with Crippen LogP contribution in [0.3, 0.4) is 0 Å². The molecule has 0 aliphatic heterocycles. The van der Waals surface area contributed by atoms with Gasteiger partial charge in [0.2, 0.25) is 11.8 Å². The third kappa shape index (κ3) is 10.3. The summed E-state index contributed by atoms with van der Waals surface area (Å²) in [5.74, 6) is -2.46. The van der Waals surface area contributed by atoms with Crippen molar-refractivity contribution in [2.24, 2.45) is 0 Å². The highest BCUT2D eigenvalue weighted by atomic mass is 19.4. The summed E-state index contributed by atoms with van der Waals surface area (Å²) in [4.78, 5) is 29.3. The van der Waals surface area contributed by atoms with Crippen molar-refractivity contribution in [3.8, 4) is 0 Å². The Labute approximate surface area is 207 Å².